The van der Waals surface area contributed by atoms with Crippen LogP contribution in [-0.2, 0) is 6.54 Å². The highest BCUT2D eigenvalue weighted by atomic mass is 35.5. The molecule has 1 aromatic carbocycles. The number of carbonyl (C=O) groups excluding carboxylic acids is 1. The standard InChI is InChI=1S/C20H26ClN3O/c1-14(2)24-12-16(10-22-24)11-23-8-4-5-17(13-23)20(25)19-7-6-18(21)9-15(19)3/h6-7,9-10,12,14,17H,4-5,8,11,13H2,1-3H3. The van der Waals surface area contributed by atoms with Crippen molar-refractivity contribution < 1.29 is 4.79 Å². The number of carbonyl (C=O) groups is 1. The molecule has 3 rings (SSSR count). The molecule has 1 aliphatic rings. The molecule has 1 aromatic heterocycles. The molecule has 4 nitrogen and oxygen atoms in total. The van der Waals surface area contributed by atoms with Gasteiger partial charge < -0.3 is 0 Å². The van der Waals surface area contributed by atoms with E-state index in [1.807, 2.05) is 36.0 Å². The first-order chi connectivity index (χ1) is 11.9. The number of hydrogen-bond donors (Lipinski definition) is 0. The van der Waals surface area contributed by atoms with Crippen molar-refractivity contribution in [1.29, 1.82) is 0 Å². The SMILES string of the molecule is Cc1cc(Cl)ccc1C(=O)C1CCCN(Cc2cnn(C(C)C)c2)C1. The second kappa shape index (κ2) is 7.71. The third kappa shape index (κ3) is 4.31. The molecule has 2 heterocycles. The number of Topliss-reactive ketones (excluding diaryl/α,β-unsaturated/α-hetero) is 1. The summed E-state index contributed by atoms with van der Waals surface area (Å²) in [4.78, 5) is 15.3. The summed E-state index contributed by atoms with van der Waals surface area (Å²) in [6.07, 6.45) is 6.07. The van der Waals surface area contributed by atoms with E-state index in [0.717, 1.165) is 43.6 Å². The monoisotopic (exact) mass is 359 g/mol. The third-order valence-electron chi connectivity index (χ3n) is 4.92. The van der Waals surface area contributed by atoms with Gasteiger partial charge in [-0.1, -0.05) is 11.6 Å². The van der Waals surface area contributed by atoms with Crippen LogP contribution < -0.4 is 0 Å². The van der Waals surface area contributed by atoms with Crippen LogP contribution in [0.25, 0.3) is 0 Å². The van der Waals surface area contributed by atoms with E-state index in [0.29, 0.717) is 11.1 Å². The van der Waals surface area contributed by atoms with Crippen molar-refractivity contribution in [3.63, 3.8) is 0 Å². The van der Waals surface area contributed by atoms with Gasteiger partial charge >= 0.3 is 0 Å². The minimum atomic E-state index is 0.0637. The molecule has 1 saturated heterocycles. The zero-order valence-electron chi connectivity index (χ0n) is 15.2. The maximum Gasteiger partial charge on any atom is 0.167 e. The highest BCUT2D eigenvalue weighted by molar-refractivity contribution is 6.30. The molecule has 0 radical (unpaired) electrons. The van der Waals surface area contributed by atoms with Gasteiger partial charge in [0, 0.05) is 47.4 Å². The van der Waals surface area contributed by atoms with Crippen LogP contribution >= 0.6 is 11.6 Å². The van der Waals surface area contributed by atoms with Gasteiger partial charge in [0.05, 0.1) is 6.20 Å². The number of halogens is 1. The molecule has 1 aliphatic heterocycles. The molecule has 5 heteroatoms. The number of piperidine rings is 1. The molecule has 0 bridgehead atoms. The first-order valence-electron chi connectivity index (χ1n) is 9.00. The average Bonchev–Trinajstić information content (AvgIpc) is 3.03. The maximum absolute atomic E-state index is 12.9. The number of aromatic nitrogens is 2. The van der Waals surface area contributed by atoms with E-state index in [9.17, 15) is 4.79 Å². The van der Waals surface area contributed by atoms with Crippen molar-refractivity contribution in [1.82, 2.24) is 14.7 Å². The number of likely N-dealkylation sites (tertiary alicyclic amines) is 1. The molecular weight excluding hydrogens is 334 g/mol. The van der Waals surface area contributed by atoms with E-state index < -0.39 is 0 Å². The van der Waals surface area contributed by atoms with Crippen molar-refractivity contribution in [2.24, 2.45) is 5.92 Å². The van der Waals surface area contributed by atoms with Gasteiger partial charge in [0.15, 0.2) is 5.78 Å². The summed E-state index contributed by atoms with van der Waals surface area (Å²) in [5.74, 6) is 0.311. The van der Waals surface area contributed by atoms with Crippen LogP contribution in [-0.4, -0.2) is 33.6 Å². The van der Waals surface area contributed by atoms with Crippen LogP contribution in [0.5, 0.6) is 0 Å². The number of rotatable bonds is 5. The molecule has 0 amide bonds. The Morgan fingerprint density at radius 1 is 1.40 bits per heavy atom. The van der Waals surface area contributed by atoms with Crippen LogP contribution in [0.15, 0.2) is 30.6 Å². The fraction of sp³-hybridized carbons (Fsp3) is 0.500. The van der Waals surface area contributed by atoms with Crippen molar-refractivity contribution in [2.75, 3.05) is 13.1 Å². The van der Waals surface area contributed by atoms with E-state index in [1.165, 1.54) is 5.56 Å². The largest absolute Gasteiger partial charge is 0.298 e. The lowest BCUT2D eigenvalue weighted by Crippen LogP contribution is -2.38. The Balaban J connectivity index is 1.66. The molecule has 134 valence electrons. The van der Waals surface area contributed by atoms with Crippen molar-refractivity contribution in [3.8, 4) is 0 Å². The topological polar surface area (TPSA) is 38.1 Å². The Hall–Kier alpha value is -1.65. The zero-order valence-corrected chi connectivity index (χ0v) is 16.0. The second-order valence-electron chi connectivity index (χ2n) is 7.32. The van der Waals surface area contributed by atoms with Gasteiger partial charge in [0.25, 0.3) is 0 Å². The maximum atomic E-state index is 12.9. The van der Waals surface area contributed by atoms with Gasteiger partial charge in [0.2, 0.25) is 0 Å². The van der Waals surface area contributed by atoms with Crippen LogP contribution in [0.4, 0.5) is 0 Å². The first kappa shape index (κ1) is 18.2. The number of ketones is 1. The van der Waals surface area contributed by atoms with E-state index >= 15 is 0 Å². The first-order valence-corrected chi connectivity index (χ1v) is 9.37. The third-order valence-corrected chi connectivity index (χ3v) is 5.16. The molecule has 1 fully saturated rings. The van der Waals surface area contributed by atoms with Crippen molar-refractivity contribution in [2.45, 2.75) is 46.2 Å². The fourth-order valence-corrected chi connectivity index (χ4v) is 3.76. The quantitative estimate of drug-likeness (QED) is 0.736. The number of hydrogen-bond acceptors (Lipinski definition) is 3. The predicted octanol–water partition coefficient (Wildman–Crippen LogP) is 4.52. The molecule has 0 N–H and O–H groups in total. The predicted molar refractivity (Wildman–Crippen MR) is 101 cm³/mol. The molecule has 2 aromatic rings. The Labute approximate surface area is 154 Å². The Bertz CT molecular complexity index is 753. The molecule has 0 aliphatic carbocycles. The lowest BCUT2D eigenvalue weighted by Gasteiger charge is -2.32. The second-order valence-corrected chi connectivity index (χ2v) is 7.76. The molecular formula is C20H26ClN3O. The molecule has 1 atom stereocenters. The number of nitrogens with zero attached hydrogens (tertiary/aromatic N) is 3. The summed E-state index contributed by atoms with van der Waals surface area (Å²) in [7, 11) is 0. The van der Waals surface area contributed by atoms with Gasteiger partial charge in [-0.25, -0.2) is 0 Å². The van der Waals surface area contributed by atoms with E-state index in [2.05, 4.69) is 30.0 Å². The summed E-state index contributed by atoms with van der Waals surface area (Å²) >= 11 is 6.02. The molecule has 0 spiro atoms. The molecule has 0 saturated carbocycles. The van der Waals surface area contributed by atoms with Gasteiger partial charge in [-0.05, 0) is 63.9 Å². The lowest BCUT2D eigenvalue weighted by molar-refractivity contribution is 0.0811. The smallest absolute Gasteiger partial charge is 0.167 e. The number of aryl methyl sites for hydroxylation is 1. The van der Waals surface area contributed by atoms with Crippen molar-refractivity contribution >= 4 is 17.4 Å². The van der Waals surface area contributed by atoms with Gasteiger partial charge in [-0.3, -0.25) is 14.4 Å². The minimum Gasteiger partial charge on any atom is -0.298 e. The van der Waals surface area contributed by atoms with Gasteiger partial charge in [-0.15, -0.1) is 0 Å². The summed E-state index contributed by atoms with van der Waals surface area (Å²) in [6.45, 7) is 8.92. The molecule has 25 heavy (non-hydrogen) atoms. The highest BCUT2D eigenvalue weighted by Crippen LogP contribution is 2.25. The highest BCUT2D eigenvalue weighted by Gasteiger charge is 2.27. The Morgan fingerprint density at radius 2 is 2.20 bits per heavy atom. The summed E-state index contributed by atoms with van der Waals surface area (Å²) in [5.41, 5.74) is 2.99. The van der Waals surface area contributed by atoms with E-state index in [4.69, 9.17) is 11.6 Å². The summed E-state index contributed by atoms with van der Waals surface area (Å²) in [6, 6.07) is 5.92. The van der Waals surface area contributed by atoms with Gasteiger partial charge in [0.1, 0.15) is 0 Å². The van der Waals surface area contributed by atoms with Gasteiger partial charge in [-0.2, -0.15) is 5.10 Å². The van der Waals surface area contributed by atoms with E-state index in [-0.39, 0.29) is 11.7 Å². The van der Waals surface area contributed by atoms with E-state index in [1.54, 1.807) is 0 Å². The Morgan fingerprint density at radius 3 is 2.88 bits per heavy atom. The zero-order chi connectivity index (χ0) is 18.0. The Kier molecular flexibility index (Phi) is 5.60. The normalized spacial score (nSPS) is 18.7. The van der Waals surface area contributed by atoms with Crippen LogP contribution in [0.3, 0.4) is 0 Å². The van der Waals surface area contributed by atoms with Crippen LogP contribution in [0, 0.1) is 12.8 Å². The lowest BCUT2D eigenvalue weighted by atomic mass is 9.88. The van der Waals surface area contributed by atoms with Crippen LogP contribution in [0.1, 0.15) is 54.2 Å². The average molecular weight is 360 g/mol. The summed E-state index contributed by atoms with van der Waals surface area (Å²) < 4.78 is 1.99. The van der Waals surface area contributed by atoms with Crippen LogP contribution in [0.2, 0.25) is 5.02 Å². The summed E-state index contributed by atoms with van der Waals surface area (Å²) in [5, 5.41) is 5.10. The fourth-order valence-electron chi connectivity index (χ4n) is 3.54. The molecule has 1 unspecified atom stereocenters. The minimum absolute atomic E-state index is 0.0637. The number of benzene rings is 1. The van der Waals surface area contributed by atoms with Crippen molar-refractivity contribution in [3.05, 3.63) is 52.3 Å².